The van der Waals surface area contributed by atoms with Gasteiger partial charge in [0.15, 0.2) is 0 Å². The van der Waals surface area contributed by atoms with E-state index in [1.54, 1.807) is 0 Å². The molecular weight excluding hydrogens is 182 g/mol. The van der Waals surface area contributed by atoms with Gasteiger partial charge in [-0.05, 0) is 13.8 Å². The number of nitrogen functional groups attached to an aromatic ring is 1. The monoisotopic (exact) mass is 195 g/mol. The highest BCUT2D eigenvalue weighted by Gasteiger charge is 2.28. The maximum Gasteiger partial charge on any atom is 0.258 e. The van der Waals surface area contributed by atoms with Gasteiger partial charge in [-0.2, -0.15) is 0 Å². The summed E-state index contributed by atoms with van der Waals surface area (Å²) < 4.78 is 5.51. The van der Waals surface area contributed by atoms with E-state index in [-0.39, 0.29) is 17.1 Å². The first kappa shape index (κ1) is 9.21. The third-order valence-corrected chi connectivity index (χ3v) is 2.32. The summed E-state index contributed by atoms with van der Waals surface area (Å²) in [6, 6.07) is 0. The molecule has 5 nitrogen and oxygen atoms in total. The molecule has 1 aliphatic rings. The van der Waals surface area contributed by atoms with Gasteiger partial charge < -0.3 is 10.5 Å². The van der Waals surface area contributed by atoms with E-state index < -0.39 is 0 Å². The summed E-state index contributed by atoms with van der Waals surface area (Å²) in [5, 5.41) is 0. The second kappa shape index (κ2) is 2.81. The average Bonchev–Trinajstić information content (AvgIpc) is 2.00. The lowest BCUT2D eigenvalue weighted by molar-refractivity contribution is -0.0419. The molecule has 1 aromatic rings. The molecule has 1 aromatic heterocycles. The SMILES string of the molecule is CC1(C)Cc2nc(N)[nH]c(=O)c2CO1. The van der Waals surface area contributed by atoms with Gasteiger partial charge in [0.05, 0.1) is 23.5 Å². The molecule has 0 saturated carbocycles. The Bertz CT molecular complexity index is 423. The zero-order valence-electron chi connectivity index (χ0n) is 8.26. The molecule has 0 radical (unpaired) electrons. The van der Waals surface area contributed by atoms with Crippen LogP contribution in [0, 0.1) is 0 Å². The van der Waals surface area contributed by atoms with Gasteiger partial charge in [-0.15, -0.1) is 0 Å². The lowest BCUT2D eigenvalue weighted by Gasteiger charge is -2.30. The lowest BCUT2D eigenvalue weighted by atomic mass is 9.97. The zero-order chi connectivity index (χ0) is 10.3. The third kappa shape index (κ3) is 1.50. The normalized spacial score (nSPS) is 19.0. The summed E-state index contributed by atoms with van der Waals surface area (Å²) >= 11 is 0. The number of hydrogen-bond donors (Lipinski definition) is 2. The van der Waals surface area contributed by atoms with E-state index in [1.807, 2.05) is 13.8 Å². The van der Waals surface area contributed by atoms with Crippen molar-refractivity contribution in [3.8, 4) is 0 Å². The van der Waals surface area contributed by atoms with Crippen molar-refractivity contribution < 1.29 is 4.74 Å². The number of hydrogen-bond acceptors (Lipinski definition) is 4. The Hall–Kier alpha value is -1.36. The summed E-state index contributed by atoms with van der Waals surface area (Å²) in [6.45, 7) is 4.24. The van der Waals surface area contributed by atoms with E-state index >= 15 is 0 Å². The van der Waals surface area contributed by atoms with Crippen molar-refractivity contribution in [2.24, 2.45) is 0 Å². The molecule has 1 aliphatic heterocycles. The van der Waals surface area contributed by atoms with Crippen molar-refractivity contribution in [1.29, 1.82) is 0 Å². The van der Waals surface area contributed by atoms with Gasteiger partial charge in [0.25, 0.3) is 5.56 Å². The molecule has 3 N–H and O–H groups in total. The Morgan fingerprint density at radius 2 is 2.29 bits per heavy atom. The Morgan fingerprint density at radius 3 is 3.00 bits per heavy atom. The van der Waals surface area contributed by atoms with Gasteiger partial charge in [-0.3, -0.25) is 9.78 Å². The van der Waals surface area contributed by atoms with E-state index in [4.69, 9.17) is 10.5 Å². The fourth-order valence-corrected chi connectivity index (χ4v) is 1.58. The molecular formula is C9H13N3O2. The van der Waals surface area contributed by atoms with Gasteiger partial charge in [0.1, 0.15) is 0 Å². The Labute approximate surface area is 81.3 Å². The molecule has 0 unspecified atom stereocenters. The molecule has 0 spiro atoms. The molecule has 0 aromatic carbocycles. The van der Waals surface area contributed by atoms with E-state index in [9.17, 15) is 4.79 Å². The van der Waals surface area contributed by atoms with Gasteiger partial charge in [0, 0.05) is 6.42 Å². The number of anilines is 1. The second-order valence-electron chi connectivity index (χ2n) is 4.10. The molecule has 0 aliphatic carbocycles. The van der Waals surface area contributed by atoms with E-state index in [0.29, 0.717) is 18.6 Å². The van der Waals surface area contributed by atoms with E-state index in [1.165, 1.54) is 0 Å². The maximum atomic E-state index is 11.4. The number of H-pyrrole nitrogens is 1. The van der Waals surface area contributed by atoms with Crippen LogP contribution in [-0.2, 0) is 17.8 Å². The molecule has 0 amide bonds. The third-order valence-electron chi connectivity index (χ3n) is 2.32. The van der Waals surface area contributed by atoms with Crippen LogP contribution in [0.3, 0.4) is 0 Å². The van der Waals surface area contributed by atoms with Crippen molar-refractivity contribution in [2.45, 2.75) is 32.5 Å². The molecule has 0 atom stereocenters. The minimum atomic E-state index is -0.264. The Balaban J connectivity index is 2.52. The first-order valence-electron chi connectivity index (χ1n) is 4.49. The number of ether oxygens (including phenoxy) is 1. The molecule has 14 heavy (non-hydrogen) atoms. The van der Waals surface area contributed by atoms with Gasteiger partial charge in [-0.1, -0.05) is 0 Å². The quantitative estimate of drug-likeness (QED) is 0.619. The van der Waals surface area contributed by atoms with Crippen LogP contribution in [0.25, 0.3) is 0 Å². The first-order valence-corrected chi connectivity index (χ1v) is 4.49. The fourth-order valence-electron chi connectivity index (χ4n) is 1.58. The Morgan fingerprint density at radius 1 is 1.57 bits per heavy atom. The average molecular weight is 195 g/mol. The Kier molecular flexibility index (Phi) is 1.85. The van der Waals surface area contributed by atoms with Crippen LogP contribution in [0.4, 0.5) is 5.95 Å². The highest BCUT2D eigenvalue weighted by Crippen LogP contribution is 2.24. The summed E-state index contributed by atoms with van der Waals surface area (Å²) in [6.07, 6.45) is 0.621. The predicted octanol–water partition coefficient (Wildman–Crippen LogP) is 0.203. The van der Waals surface area contributed by atoms with Crippen molar-refractivity contribution in [1.82, 2.24) is 9.97 Å². The minimum Gasteiger partial charge on any atom is -0.370 e. The zero-order valence-corrected chi connectivity index (χ0v) is 8.26. The van der Waals surface area contributed by atoms with E-state index in [0.717, 1.165) is 5.69 Å². The van der Waals surface area contributed by atoms with E-state index in [2.05, 4.69) is 9.97 Å². The van der Waals surface area contributed by atoms with Crippen molar-refractivity contribution in [2.75, 3.05) is 5.73 Å². The van der Waals surface area contributed by atoms with Gasteiger partial charge in [0.2, 0.25) is 5.95 Å². The fraction of sp³-hybridized carbons (Fsp3) is 0.556. The predicted molar refractivity (Wildman–Crippen MR) is 51.8 cm³/mol. The van der Waals surface area contributed by atoms with Crippen LogP contribution in [0.2, 0.25) is 0 Å². The van der Waals surface area contributed by atoms with Crippen molar-refractivity contribution in [3.63, 3.8) is 0 Å². The van der Waals surface area contributed by atoms with Crippen molar-refractivity contribution in [3.05, 3.63) is 21.6 Å². The molecule has 76 valence electrons. The molecule has 0 fully saturated rings. The summed E-state index contributed by atoms with van der Waals surface area (Å²) in [4.78, 5) is 18.0. The number of aromatic nitrogens is 2. The molecule has 0 saturated heterocycles. The highest BCUT2D eigenvalue weighted by atomic mass is 16.5. The maximum absolute atomic E-state index is 11.4. The number of nitrogens with zero attached hydrogens (tertiary/aromatic N) is 1. The highest BCUT2D eigenvalue weighted by molar-refractivity contribution is 5.27. The first-order chi connectivity index (χ1) is 6.48. The van der Waals surface area contributed by atoms with Gasteiger partial charge >= 0.3 is 0 Å². The topological polar surface area (TPSA) is 81.0 Å². The number of rotatable bonds is 0. The van der Waals surface area contributed by atoms with Gasteiger partial charge in [-0.25, -0.2) is 4.98 Å². The number of nitrogens with one attached hydrogen (secondary N) is 1. The molecule has 2 heterocycles. The largest absolute Gasteiger partial charge is 0.370 e. The minimum absolute atomic E-state index is 0.173. The standard InChI is InChI=1S/C9H13N3O2/c1-9(2)3-6-5(4-14-9)7(13)12-8(10)11-6/h3-4H2,1-2H3,(H3,10,11,12,13). The second-order valence-corrected chi connectivity index (χ2v) is 4.10. The van der Waals surface area contributed by atoms with Crippen LogP contribution in [-0.4, -0.2) is 15.6 Å². The van der Waals surface area contributed by atoms with Crippen LogP contribution >= 0.6 is 0 Å². The smallest absolute Gasteiger partial charge is 0.258 e. The molecule has 5 heteroatoms. The van der Waals surface area contributed by atoms with Crippen LogP contribution in [0.1, 0.15) is 25.1 Å². The molecule has 0 bridgehead atoms. The summed E-state index contributed by atoms with van der Waals surface area (Å²) in [5.41, 5.74) is 6.36. The van der Waals surface area contributed by atoms with Crippen LogP contribution in [0.5, 0.6) is 0 Å². The summed E-state index contributed by atoms with van der Waals surface area (Å²) in [7, 11) is 0. The number of aromatic amines is 1. The van der Waals surface area contributed by atoms with Crippen LogP contribution in [0.15, 0.2) is 4.79 Å². The number of fused-ring (bicyclic) bond motifs is 1. The molecule has 2 rings (SSSR count). The van der Waals surface area contributed by atoms with Crippen LogP contribution < -0.4 is 11.3 Å². The lowest BCUT2D eigenvalue weighted by Crippen LogP contribution is -2.36. The summed E-state index contributed by atoms with van der Waals surface area (Å²) in [5.74, 6) is 0.173. The number of nitrogens with two attached hydrogens (primary N) is 1. The van der Waals surface area contributed by atoms with Crippen molar-refractivity contribution >= 4 is 5.95 Å².